The van der Waals surface area contributed by atoms with Crippen LogP contribution in [0, 0.1) is 5.92 Å². The van der Waals surface area contributed by atoms with Gasteiger partial charge in [-0.25, -0.2) is 0 Å². The van der Waals surface area contributed by atoms with Gasteiger partial charge in [0, 0.05) is 11.4 Å². The minimum Gasteiger partial charge on any atom is -0.497 e. The Balaban J connectivity index is 1.77. The zero-order valence-corrected chi connectivity index (χ0v) is 15.2. The van der Waals surface area contributed by atoms with Gasteiger partial charge in [-0.1, -0.05) is 38.1 Å². The number of fused-ring (bicyclic) bond motifs is 1. The molecular weight excluding hydrogens is 314 g/mol. The molecule has 25 heavy (non-hydrogen) atoms. The van der Waals surface area contributed by atoms with Gasteiger partial charge in [0.15, 0.2) is 11.3 Å². The van der Waals surface area contributed by atoms with Crippen molar-refractivity contribution in [2.24, 2.45) is 5.92 Å². The SMILES string of the molecule is COc1ccc(C(NCc2cc3cccc(OC)c3o2)C(C)C)cc1. The molecule has 0 aliphatic heterocycles. The van der Waals surface area contributed by atoms with E-state index >= 15 is 0 Å². The summed E-state index contributed by atoms with van der Waals surface area (Å²) in [5, 5.41) is 4.67. The van der Waals surface area contributed by atoms with E-state index in [9.17, 15) is 0 Å². The van der Waals surface area contributed by atoms with Crippen LogP contribution in [0.5, 0.6) is 11.5 Å². The van der Waals surface area contributed by atoms with Crippen molar-refractivity contribution in [2.75, 3.05) is 14.2 Å². The molecule has 1 N–H and O–H groups in total. The largest absolute Gasteiger partial charge is 0.497 e. The number of hydrogen-bond acceptors (Lipinski definition) is 4. The van der Waals surface area contributed by atoms with Crippen LogP contribution in [0.15, 0.2) is 52.9 Å². The molecule has 0 aliphatic carbocycles. The summed E-state index contributed by atoms with van der Waals surface area (Å²) in [4.78, 5) is 0. The highest BCUT2D eigenvalue weighted by molar-refractivity contribution is 5.83. The smallest absolute Gasteiger partial charge is 0.176 e. The van der Waals surface area contributed by atoms with Crippen LogP contribution < -0.4 is 14.8 Å². The van der Waals surface area contributed by atoms with E-state index in [-0.39, 0.29) is 6.04 Å². The molecule has 0 saturated heterocycles. The summed E-state index contributed by atoms with van der Waals surface area (Å²) in [7, 11) is 3.34. The normalized spacial score (nSPS) is 12.5. The number of hydrogen-bond donors (Lipinski definition) is 1. The van der Waals surface area contributed by atoms with Crippen LogP contribution in [0.4, 0.5) is 0 Å². The number of nitrogens with one attached hydrogen (secondary N) is 1. The van der Waals surface area contributed by atoms with Gasteiger partial charge in [0.05, 0.1) is 20.8 Å². The Kier molecular flexibility index (Phi) is 5.29. The molecule has 0 radical (unpaired) electrons. The summed E-state index contributed by atoms with van der Waals surface area (Å²) in [5.74, 6) is 2.99. The highest BCUT2D eigenvalue weighted by Crippen LogP contribution is 2.29. The molecule has 132 valence electrons. The van der Waals surface area contributed by atoms with E-state index in [0.717, 1.165) is 28.2 Å². The number of methoxy groups -OCH3 is 2. The Hall–Kier alpha value is -2.46. The molecule has 1 aromatic heterocycles. The van der Waals surface area contributed by atoms with Crippen LogP contribution in [0.1, 0.15) is 31.2 Å². The van der Waals surface area contributed by atoms with Crippen molar-refractivity contribution >= 4 is 11.0 Å². The van der Waals surface area contributed by atoms with Gasteiger partial charge in [0.2, 0.25) is 0 Å². The minimum atomic E-state index is 0.237. The number of rotatable bonds is 7. The molecular formula is C21H25NO3. The number of benzene rings is 2. The third-order valence-electron chi connectivity index (χ3n) is 4.42. The third kappa shape index (κ3) is 3.80. The van der Waals surface area contributed by atoms with E-state index in [2.05, 4.69) is 37.4 Å². The van der Waals surface area contributed by atoms with Gasteiger partial charge in [-0.15, -0.1) is 0 Å². The lowest BCUT2D eigenvalue weighted by Crippen LogP contribution is -2.25. The Labute approximate surface area is 148 Å². The molecule has 4 heteroatoms. The van der Waals surface area contributed by atoms with Crippen molar-refractivity contribution in [1.29, 1.82) is 0 Å². The van der Waals surface area contributed by atoms with E-state index in [1.807, 2.05) is 30.3 Å². The summed E-state index contributed by atoms with van der Waals surface area (Å²) in [6.45, 7) is 5.08. The van der Waals surface area contributed by atoms with E-state index in [0.29, 0.717) is 12.5 Å². The number of furan rings is 1. The maximum atomic E-state index is 5.99. The molecule has 0 saturated carbocycles. The molecule has 2 aromatic carbocycles. The fourth-order valence-electron chi connectivity index (χ4n) is 3.10. The van der Waals surface area contributed by atoms with E-state index in [4.69, 9.17) is 13.9 Å². The molecule has 0 aliphatic rings. The average molecular weight is 339 g/mol. The zero-order chi connectivity index (χ0) is 17.8. The standard InChI is InChI=1S/C21H25NO3/c1-14(2)20(15-8-10-17(23-3)11-9-15)22-13-18-12-16-6-5-7-19(24-4)21(16)25-18/h5-12,14,20,22H,13H2,1-4H3. The van der Waals surface area contributed by atoms with Crippen molar-refractivity contribution in [3.63, 3.8) is 0 Å². The lowest BCUT2D eigenvalue weighted by Gasteiger charge is -2.22. The van der Waals surface area contributed by atoms with Crippen LogP contribution in [-0.2, 0) is 6.54 Å². The molecule has 3 aromatic rings. The first-order chi connectivity index (χ1) is 12.1. The van der Waals surface area contributed by atoms with Crippen LogP contribution >= 0.6 is 0 Å². The first-order valence-corrected chi connectivity index (χ1v) is 8.55. The molecule has 0 spiro atoms. The van der Waals surface area contributed by atoms with E-state index in [1.165, 1.54) is 5.56 Å². The monoisotopic (exact) mass is 339 g/mol. The van der Waals surface area contributed by atoms with Crippen LogP contribution in [0.3, 0.4) is 0 Å². The summed E-state index contributed by atoms with van der Waals surface area (Å²) in [5.41, 5.74) is 2.04. The van der Waals surface area contributed by atoms with Crippen LogP contribution in [0.2, 0.25) is 0 Å². The summed E-state index contributed by atoms with van der Waals surface area (Å²) >= 11 is 0. The maximum Gasteiger partial charge on any atom is 0.176 e. The van der Waals surface area contributed by atoms with Crippen LogP contribution in [-0.4, -0.2) is 14.2 Å². The Morgan fingerprint density at radius 2 is 1.76 bits per heavy atom. The molecule has 3 rings (SSSR count). The number of ether oxygens (including phenoxy) is 2. The van der Waals surface area contributed by atoms with Crippen LogP contribution in [0.25, 0.3) is 11.0 Å². The Morgan fingerprint density at radius 1 is 1.00 bits per heavy atom. The van der Waals surface area contributed by atoms with Gasteiger partial charge >= 0.3 is 0 Å². The van der Waals surface area contributed by atoms with Crippen molar-refractivity contribution in [2.45, 2.75) is 26.4 Å². The Morgan fingerprint density at radius 3 is 2.40 bits per heavy atom. The highest BCUT2D eigenvalue weighted by atomic mass is 16.5. The quantitative estimate of drug-likeness (QED) is 0.662. The maximum absolute atomic E-state index is 5.99. The molecule has 0 fully saturated rings. The molecule has 1 heterocycles. The summed E-state index contributed by atoms with van der Waals surface area (Å²) in [6.07, 6.45) is 0. The predicted octanol–water partition coefficient (Wildman–Crippen LogP) is 4.94. The molecule has 4 nitrogen and oxygen atoms in total. The van der Waals surface area contributed by atoms with Gasteiger partial charge in [-0.2, -0.15) is 0 Å². The van der Waals surface area contributed by atoms with Crippen molar-refractivity contribution < 1.29 is 13.9 Å². The van der Waals surface area contributed by atoms with E-state index in [1.54, 1.807) is 14.2 Å². The third-order valence-corrected chi connectivity index (χ3v) is 4.42. The minimum absolute atomic E-state index is 0.237. The van der Waals surface area contributed by atoms with Gasteiger partial charge in [0.25, 0.3) is 0 Å². The molecule has 0 bridgehead atoms. The first-order valence-electron chi connectivity index (χ1n) is 8.55. The fourth-order valence-corrected chi connectivity index (χ4v) is 3.10. The molecule has 0 amide bonds. The Bertz CT molecular complexity index is 821. The number of para-hydroxylation sites is 1. The lowest BCUT2D eigenvalue weighted by molar-refractivity contribution is 0.381. The molecule has 1 atom stereocenters. The highest BCUT2D eigenvalue weighted by Gasteiger charge is 2.17. The lowest BCUT2D eigenvalue weighted by atomic mass is 9.96. The van der Waals surface area contributed by atoms with Gasteiger partial charge in [-0.3, -0.25) is 0 Å². The average Bonchev–Trinajstić information content (AvgIpc) is 3.05. The van der Waals surface area contributed by atoms with E-state index < -0.39 is 0 Å². The van der Waals surface area contributed by atoms with Gasteiger partial charge in [0.1, 0.15) is 11.5 Å². The summed E-state index contributed by atoms with van der Waals surface area (Å²) in [6, 6.07) is 16.4. The second-order valence-electron chi connectivity index (χ2n) is 6.47. The zero-order valence-electron chi connectivity index (χ0n) is 15.2. The predicted molar refractivity (Wildman–Crippen MR) is 100 cm³/mol. The first kappa shape index (κ1) is 17.4. The van der Waals surface area contributed by atoms with Crippen molar-refractivity contribution in [3.8, 4) is 11.5 Å². The van der Waals surface area contributed by atoms with Crippen molar-refractivity contribution in [3.05, 3.63) is 59.9 Å². The molecule has 1 unspecified atom stereocenters. The second kappa shape index (κ2) is 7.62. The van der Waals surface area contributed by atoms with Gasteiger partial charge < -0.3 is 19.2 Å². The van der Waals surface area contributed by atoms with Gasteiger partial charge in [-0.05, 0) is 35.7 Å². The second-order valence-corrected chi connectivity index (χ2v) is 6.47. The topological polar surface area (TPSA) is 43.6 Å². The van der Waals surface area contributed by atoms with Crippen molar-refractivity contribution in [1.82, 2.24) is 5.32 Å². The fraction of sp³-hybridized carbons (Fsp3) is 0.333. The summed E-state index contributed by atoms with van der Waals surface area (Å²) < 4.78 is 16.6.